The maximum atomic E-state index is 12.6. The van der Waals surface area contributed by atoms with Crippen LogP contribution in [0.1, 0.15) is 58.6 Å². The minimum atomic E-state index is -0.555. The van der Waals surface area contributed by atoms with Crippen LogP contribution in [0.2, 0.25) is 0 Å². The van der Waals surface area contributed by atoms with Crippen LogP contribution in [0.15, 0.2) is 5.38 Å². The minimum Gasteiger partial charge on any atom is -0.444 e. The van der Waals surface area contributed by atoms with Crippen molar-refractivity contribution in [2.45, 2.75) is 70.9 Å². The van der Waals surface area contributed by atoms with E-state index in [-0.39, 0.29) is 12.3 Å². The van der Waals surface area contributed by atoms with Crippen LogP contribution in [-0.4, -0.2) is 64.6 Å². The van der Waals surface area contributed by atoms with Crippen LogP contribution >= 0.6 is 11.3 Å². The van der Waals surface area contributed by atoms with E-state index in [0.29, 0.717) is 16.9 Å². The third-order valence-electron chi connectivity index (χ3n) is 5.22. The Morgan fingerprint density at radius 1 is 1.18 bits per heavy atom. The molecule has 1 N–H and O–H groups in total. The molecule has 0 aromatic carbocycles. The lowest BCUT2D eigenvalue weighted by Gasteiger charge is -2.40. The molecule has 0 spiro atoms. The Labute approximate surface area is 171 Å². The fourth-order valence-corrected chi connectivity index (χ4v) is 4.56. The lowest BCUT2D eigenvalue weighted by molar-refractivity contribution is -0.132. The molecule has 0 bridgehead atoms. The summed E-state index contributed by atoms with van der Waals surface area (Å²) in [6.07, 6.45) is 5.85. The predicted molar refractivity (Wildman–Crippen MR) is 111 cm³/mol. The smallest absolute Gasteiger partial charge is 0.413 e. The average Bonchev–Trinajstić information content (AvgIpc) is 3.07. The van der Waals surface area contributed by atoms with E-state index in [1.54, 1.807) is 0 Å². The van der Waals surface area contributed by atoms with E-state index in [1.807, 2.05) is 31.1 Å². The number of rotatable bonds is 4. The summed E-state index contributed by atoms with van der Waals surface area (Å²) in [5, 5.41) is 4.91. The molecule has 2 saturated heterocycles. The molecular weight excluding hydrogens is 376 g/mol. The van der Waals surface area contributed by atoms with Crippen molar-refractivity contribution >= 4 is 28.5 Å². The third kappa shape index (κ3) is 6.17. The first-order valence-electron chi connectivity index (χ1n) is 10.3. The van der Waals surface area contributed by atoms with Gasteiger partial charge in [-0.1, -0.05) is 6.42 Å². The lowest BCUT2D eigenvalue weighted by Crippen LogP contribution is -2.48. The summed E-state index contributed by atoms with van der Waals surface area (Å²) in [7, 11) is 0. The molecule has 8 heteroatoms. The Kier molecular flexibility index (Phi) is 6.93. The quantitative estimate of drug-likeness (QED) is 0.825. The van der Waals surface area contributed by atoms with Crippen LogP contribution in [-0.2, 0) is 16.0 Å². The summed E-state index contributed by atoms with van der Waals surface area (Å²) in [4.78, 5) is 33.4. The summed E-state index contributed by atoms with van der Waals surface area (Å²) < 4.78 is 5.22. The third-order valence-corrected chi connectivity index (χ3v) is 6.02. The van der Waals surface area contributed by atoms with E-state index in [9.17, 15) is 9.59 Å². The van der Waals surface area contributed by atoms with Gasteiger partial charge < -0.3 is 14.5 Å². The van der Waals surface area contributed by atoms with Gasteiger partial charge in [0.05, 0.1) is 12.1 Å². The molecule has 7 nitrogen and oxygen atoms in total. The molecule has 2 fully saturated rings. The number of piperidine rings is 2. The fourth-order valence-electron chi connectivity index (χ4n) is 3.87. The number of anilines is 1. The van der Waals surface area contributed by atoms with E-state index in [1.165, 1.54) is 43.7 Å². The van der Waals surface area contributed by atoms with Gasteiger partial charge in [-0.15, -0.1) is 11.3 Å². The number of nitrogens with one attached hydrogen (secondary N) is 1. The monoisotopic (exact) mass is 408 g/mol. The van der Waals surface area contributed by atoms with Crippen LogP contribution in [0.25, 0.3) is 0 Å². The van der Waals surface area contributed by atoms with Crippen molar-refractivity contribution in [1.82, 2.24) is 14.8 Å². The Balaban J connectivity index is 1.44. The van der Waals surface area contributed by atoms with Crippen molar-refractivity contribution in [3.63, 3.8) is 0 Å². The molecule has 3 heterocycles. The van der Waals surface area contributed by atoms with Crippen LogP contribution < -0.4 is 5.32 Å². The first kappa shape index (κ1) is 21.0. The number of likely N-dealkylation sites (tertiary alicyclic amines) is 2. The van der Waals surface area contributed by atoms with Crippen molar-refractivity contribution < 1.29 is 14.3 Å². The van der Waals surface area contributed by atoms with Gasteiger partial charge in [-0.3, -0.25) is 10.1 Å². The van der Waals surface area contributed by atoms with Gasteiger partial charge in [-0.05, 0) is 59.5 Å². The molecule has 156 valence electrons. The van der Waals surface area contributed by atoms with Gasteiger partial charge in [0, 0.05) is 24.5 Å². The van der Waals surface area contributed by atoms with Crippen molar-refractivity contribution in [2.75, 3.05) is 31.5 Å². The Bertz CT molecular complexity index is 671. The first-order chi connectivity index (χ1) is 13.3. The van der Waals surface area contributed by atoms with Gasteiger partial charge in [0.25, 0.3) is 0 Å². The molecule has 1 aromatic rings. The number of aromatic nitrogens is 1. The standard InChI is InChI=1S/C20H32N4O3S/c1-20(2,3)27-19(26)22-18-21-15(14-28-18)13-17(25)24-11-7-16(8-12-24)23-9-5-4-6-10-23/h14,16H,4-13H2,1-3H3,(H,21,22,26). The normalized spacial score (nSPS) is 19.5. The minimum absolute atomic E-state index is 0.117. The fraction of sp³-hybridized carbons (Fsp3) is 0.750. The van der Waals surface area contributed by atoms with Crippen molar-refractivity contribution in [3.05, 3.63) is 11.1 Å². The van der Waals surface area contributed by atoms with E-state index >= 15 is 0 Å². The number of amides is 2. The van der Waals surface area contributed by atoms with Gasteiger partial charge in [0.1, 0.15) is 5.60 Å². The van der Waals surface area contributed by atoms with Crippen LogP contribution in [0.3, 0.4) is 0 Å². The largest absolute Gasteiger partial charge is 0.444 e. The highest BCUT2D eigenvalue weighted by Gasteiger charge is 2.28. The molecule has 3 rings (SSSR count). The highest BCUT2D eigenvalue weighted by Crippen LogP contribution is 2.22. The molecule has 0 saturated carbocycles. The Morgan fingerprint density at radius 3 is 2.50 bits per heavy atom. The number of carbonyl (C=O) groups is 2. The molecule has 2 aliphatic heterocycles. The van der Waals surface area contributed by atoms with Gasteiger partial charge in [-0.2, -0.15) is 0 Å². The second-order valence-corrected chi connectivity index (χ2v) is 9.51. The van der Waals surface area contributed by atoms with Gasteiger partial charge in [0.2, 0.25) is 5.91 Å². The Morgan fingerprint density at radius 2 is 1.86 bits per heavy atom. The van der Waals surface area contributed by atoms with Gasteiger partial charge in [0.15, 0.2) is 5.13 Å². The lowest BCUT2D eigenvalue weighted by atomic mass is 9.99. The molecule has 0 aliphatic carbocycles. The molecule has 2 amide bonds. The number of ether oxygens (including phenoxy) is 1. The average molecular weight is 409 g/mol. The second-order valence-electron chi connectivity index (χ2n) is 8.66. The first-order valence-corrected chi connectivity index (χ1v) is 11.1. The molecule has 28 heavy (non-hydrogen) atoms. The summed E-state index contributed by atoms with van der Waals surface area (Å²) in [5.74, 6) is 0.117. The summed E-state index contributed by atoms with van der Waals surface area (Å²) in [6, 6.07) is 0.633. The molecule has 0 atom stereocenters. The highest BCUT2D eigenvalue weighted by atomic mass is 32.1. The molecule has 0 unspecified atom stereocenters. The number of nitrogens with zero attached hydrogens (tertiary/aromatic N) is 3. The van der Waals surface area contributed by atoms with Crippen molar-refractivity contribution in [3.8, 4) is 0 Å². The number of carbonyl (C=O) groups excluding carboxylic acids is 2. The topological polar surface area (TPSA) is 74.8 Å². The Hall–Kier alpha value is -1.67. The summed E-state index contributed by atoms with van der Waals surface area (Å²) >= 11 is 1.31. The highest BCUT2D eigenvalue weighted by molar-refractivity contribution is 7.13. The van der Waals surface area contributed by atoms with E-state index < -0.39 is 11.7 Å². The van der Waals surface area contributed by atoms with Gasteiger partial charge >= 0.3 is 6.09 Å². The maximum Gasteiger partial charge on any atom is 0.413 e. The zero-order valence-electron chi connectivity index (χ0n) is 17.2. The van der Waals surface area contributed by atoms with Gasteiger partial charge in [-0.25, -0.2) is 9.78 Å². The summed E-state index contributed by atoms with van der Waals surface area (Å²) in [5.41, 5.74) is 0.139. The molecule has 1 aromatic heterocycles. The molecule has 0 radical (unpaired) electrons. The van der Waals surface area contributed by atoms with E-state index in [0.717, 1.165) is 25.9 Å². The molecule has 2 aliphatic rings. The summed E-state index contributed by atoms with van der Waals surface area (Å²) in [6.45, 7) is 9.52. The maximum absolute atomic E-state index is 12.6. The van der Waals surface area contributed by atoms with E-state index in [4.69, 9.17) is 4.74 Å². The predicted octanol–water partition coefficient (Wildman–Crippen LogP) is 3.51. The van der Waals surface area contributed by atoms with Crippen LogP contribution in [0.4, 0.5) is 9.93 Å². The second kappa shape index (κ2) is 9.22. The van der Waals surface area contributed by atoms with E-state index in [2.05, 4.69) is 15.2 Å². The number of hydrogen-bond acceptors (Lipinski definition) is 6. The zero-order chi connectivity index (χ0) is 20.1. The number of thiazole rings is 1. The number of hydrogen-bond donors (Lipinski definition) is 1. The van der Waals surface area contributed by atoms with Crippen LogP contribution in [0, 0.1) is 0 Å². The SMILES string of the molecule is CC(C)(C)OC(=O)Nc1nc(CC(=O)N2CCC(N3CCCCC3)CC2)cs1. The molecular formula is C20H32N4O3S. The van der Waals surface area contributed by atoms with Crippen molar-refractivity contribution in [1.29, 1.82) is 0 Å². The van der Waals surface area contributed by atoms with Crippen molar-refractivity contribution in [2.24, 2.45) is 0 Å². The zero-order valence-corrected chi connectivity index (χ0v) is 18.0. The van der Waals surface area contributed by atoms with Crippen LogP contribution in [0.5, 0.6) is 0 Å².